The van der Waals surface area contributed by atoms with Gasteiger partial charge in [-0.25, -0.2) is 0 Å². The van der Waals surface area contributed by atoms with Gasteiger partial charge in [-0.05, 0) is 22.6 Å². The van der Waals surface area contributed by atoms with Gasteiger partial charge >= 0.3 is 0 Å². The maximum Gasteiger partial charge on any atom is 0.0911 e. The van der Waals surface area contributed by atoms with Gasteiger partial charge in [0.15, 0.2) is 0 Å². The fraction of sp³-hybridized carbons (Fsp3) is 0.263. The Balaban J connectivity index is 2.35. The van der Waals surface area contributed by atoms with Crippen LogP contribution in [0.4, 0.5) is 0 Å². The normalized spacial score (nSPS) is 13.2. The van der Waals surface area contributed by atoms with Crippen molar-refractivity contribution in [2.75, 3.05) is 0 Å². The van der Waals surface area contributed by atoms with Gasteiger partial charge in [0.2, 0.25) is 0 Å². The molecule has 0 saturated heterocycles. The van der Waals surface area contributed by atoms with Crippen LogP contribution in [-0.2, 0) is 0 Å². The Morgan fingerprint density at radius 2 is 1.10 bits per heavy atom. The molecule has 2 nitrogen and oxygen atoms in total. The average molecular weight is 274 g/mol. The van der Waals surface area contributed by atoms with E-state index in [2.05, 4.69) is 26.0 Å². The van der Waals surface area contributed by atoms with Crippen LogP contribution >= 0.6 is 0 Å². The van der Waals surface area contributed by atoms with Crippen LogP contribution in [0.3, 0.4) is 0 Å². The molecule has 0 bridgehead atoms. The largest absolute Gasteiger partial charge is 0.198 e. The molecule has 0 aliphatic heterocycles. The average Bonchev–Trinajstić information content (AvgIpc) is 2.53. The first-order valence-electron chi connectivity index (χ1n) is 7.11. The second-order valence-corrected chi connectivity index (χ2v) is 5.45. The minimum atomic E-state index is -0.446. The molecular weight excluding hydrogens is 256 g/mol. The second kappa shape index (κ2) is 6.73. The first-order valence-corrected chi connectivity index (χ1v) is 7.11. The van der Waals surface area contributed by atoms with Crippen LogP contribution in [-0.4, -0.2) is 0 Å². The van der Waals surface area contributed by atoms with Gasteiger partial charge in [-0.15, -0.1) is 0 Å². The smallest absolute Gasteiger partial charge is 0.0911 e. The lowest BCUT2D eigenvalue weighted by molar-refractivity contribution is 0.759. The highest BCUT2D eigenvalue weighted by Crippen LogP contribution is 2.32. The number of nitriles is 2. The Bertz CT molecular complexity index is 657. The third-order valence-electron chi connectivity index (χ3n) is 3.73. The molecule has 2 atom stereocenters. The molecule has 2 heteroatoms. The molecule has 2 aromatic carbocycles. The topological polar surface area (TPSA) is 47.6 Å². The summed E-state index contributed by atoms with van der Waals surface area (Å²) in [6, 6.07) is 22.1. The van der Waals surface area contributed by atoms with E-state index in [9.17, 15) is 10.5 Å². The lowest BCUT2D eigenvalue weighted by Gasteiger charge is -2.17. The first kappa shape index (κ1) is 14.8. The van der Waals surface area contributed by atoms with E-state index < -0.39 is 11.8 Å². The highest BCUT2D eigenvalue weighted by Gasteiger charge is 2.24. The molecule has 0 aromatic heterocycles. The van der Waals surface area contributed by atoms with Crippen LogP contribution in [0.5, 0.6) is 0 Å². The van der Waals surface area contributed by atoms with Gasteiger partial charge in [0.25, 0.3) is 0 Å². The first-order chi connectivity index (χ1) is 10.2. The van der Waals surface area contributed by atoms with Crippen molar-refractivity contribution in [1.82, 2.24) is 0 Å². The Morgan fingerprint density at radius 3 is 1.52 bits per heavy atom. The van der Waals surface area contributed by atoms with Crippen molar-refractivity contribution in [3.05, 3.63) is 71.3 Å². The molecule has 0 unspecified atom stereocenters. The van der Waals surface area contributed by atoms with Gasteiger partial charge in [0.1, 0.15) is 0 Å². The molecule has 0 radical (unpaired) electrons. The Labute approximate surface area is 126 Å². The van der Waals surface area contributed by atoms with Crippen LogP contribution < -0.4 is 0 Å². The van der Waals surface area contributed by atoms with E-state index in [4.69, 9.17) is 0 Å². The van der Waals surface area contributed by atoms with Gasteiger partial charge in [-0.1, -0.05) is 68.4 Å². The minimum absolute atomic E-state index is 0.443. The van der Waals surface area contributed by atoms with Gasteiger partial charge in [0, 0.05) is 0 Å². The molecule has 0 aliphatic rings. The zero-order valence-corrected chi connectivity index (χ0v) is 12.3. The minimum Gasteiger partial charge on any atom is -0.198 e. The summed E-state index contributed by atoms with van der Waals surface area (Å²) < 4.78 is 0. The predicted molar refractivity (Wildman–Crippen MR) is 83.7 cm³/mol. The summed E-state index contributed by atoms with van der Waals surface area (Å²) in [7, 11) is 0. The third-order valence-corrected chi connectivity index (χ3v) is 3.73. The van der Waals surface area contributed by atoms with Crippen molar-refractivity contribution in [2.45, 2.75) is 31.6 Å². The molecule has 0 spiro atoms. The predicted octanol–water partition coefficient (Wildman–Crippen LogP) is 4.72. The molecule has 21 heavy (non-hydrogen) atoms. The molecule has 0 N–H and O–H groups in total. The summed E-state index contributed by atoms with van der Waals surface area (Å²) in [5.74, 6) is -0.430. The summed E-state index contributed by atoms with van der Waals surface area (Å²) in [6.07, 6.45) is 0. The summed E-state index contributed by atoms with van der Waals surface area (Å²) in [5, 5.41) is 19.0. The number of hydrogen-bond acceptors (Lipinski definition) is 2. The molecule has 0 amide bonds. The Hall–Kier alpha value is -2.58. The Morgan fingerprint density at radius 1 is 0.667 bits per heavy atom. The number of hydrogen-bond donors (Lipinski definition) is 0. The van der Waals surface area contributed by atoms with Gasteiger partial charge in [-0.2, -0.15) is 10.5 Å². The maximum absolute atomic E-state index is 9.52. The quantitative estimate of drug-likeness (QED) is 0.809. The summed E-state index contributed by atoms with van der Waals surface area (Å²) in [4.78, 5) is 0. The van der Waals surface area contributed by atoms with Crippen LogP contribution in [0, 0.1) is 22.7 Å². The molecule has 2 aromatic rings. The number of benzene rings is 2. The molecular formula is C19H18N2. The highest BCUT2D eigenvalue weighted by molar-refractivity contribution is 5.38. The van der Waals surface area contributed by atoms with Gasteiger partial charge < -0.3 is 0 Å². The van der Waals surface area contributed by atoms with Crippen molar-refractivity contribution >= 4 is 0 Å². The van der Waals surface area contributed by atoms with E-state index in [1.54, 1.807) is 0 Å². The van der Waals surface area contributed by atoms with E-state index in [1.807, 2.05) is 54.6 Å². The number of nitrogens with zero attached hydrogens (tertiary/aromatic N) is 2. The van der Waals surface area contributed by atoms with E-state index in [1.165, 1.54) is 5.56 Å². The van der Waals surface area contributed by atoms with Crippen molar-refractivity contribution in [3.8, 4) is 12.1 Å². The van der Waals surface area contributed by atoms with Gasteiger partial charge in [0.05, 0.1) is 24.0 Å². The standard InChI is InChI=1S/C19H18N2/c1-14(2)15-8-10-17(11-9-15)19(13-21)18(12-20)16-6-4-3-5-7-16/h3-11,14,18-19H,1-2H3/t18-,19+/m1/s1. The molecule has 0 heterocycles. The van der Waals surface area contributed by atoms with E-state index >= 15 is 0 Å². The third kappa shape index (κ3) is 3.30. The lowest BCUT2D eigenvalue weighted by Crippen LogP contribution is -2.08. The highest BCUT2D eigenvalue weighted by atomic mass is 14.4. The van der Waals surface area contributed by atoms with Crippen LogP contribution in [0.2, 0.25) is 0 Å². The fourth-order valence-corrected chi connectivity index (χ4v) is 2.43. The van der Waals surface area contributed by atoms with Crippen molar-refractivity contribution in [2.24, 2.45) is 0 Å². The lowest BCUT2D eigenvalue weighted by atomic mass is 9.83. The van der Waals surface area contributed by atoms with Crippen molar-refractivity contribution in [1.29, 1.82) is 10.5 Å². The van der Waals surface area contributed by atoms with Crippen LogP contribution in [0.25, 0.3) is 0 Å². The van der Waals surface area contributed by atoms with Gasteiger partial charge in [-0.3, -0.25) is 0 Å². The Kier molecular flexibility index (Phi) is 4.75. The molecule has 0 saturated carbocycles. The summed E-state index contributed by atoms with van der Waals surface area (Å²) in [6.45, 7) is 4.28. The SMILES string of the molecule is CC(C)c1ccc([C@H](C#N)[C@H](C#N)c2ccccc2)cc1. The maximum atomic E-state index is 9.52. The van der Waals surface area contributed by atoms with E-state index in [0.717, 1.165) is 11.1 Å². The molecule has 104 valence electrons. The molecule has 2 rings (SSSR count). The zero-order valence-electron chi connectivity index (χ0n) is 12.3. The number of rotatable bonds is 4. The van der Waals surface area contributed by atoms with E-state index in [-0.39, 0.29) is 0 Å². The van der Waals surface area contributed by atoms with E-state index in [0.29, 0.717) is 5.92 Å². The summed E-state index contributed by atoms with van der Waals surface area (Å²) >= 11 is 0. The zero-order chi connectivity index (χ0) is 15.2. The molecule has 0 aliphatic carbocycles. The monoisotopic (exact) mass is 274 g/mol. The van der Waals surface area contributed by atoms with Crippen LogP contribution in [0.1, 0.15) is 48.3 Å². The van der Waals surface area contributed by atoms with Crippen molar-refractivity contribution < 1.29 is 0 Å². The second-order valence-electron chi connectivity index (χ2n) is 5.45. The molecule has 0 fully saturated rings. The fourth-order valence-electron chi connectivity index (χ4n) is 2.43. The van der Waals surface area contributed by atoms with Crippen LogP contribution in [0.15, 0.2) is 54.6 Å². The summed E-state index contributed by atoms with van der Waals surface area (Å²) in [5.41, 5.74) is 3.03. The van der Waals surface area contributed by atoms with Crippen molar-refractivity contribution in [3.63, 3.8) is 0 Å².